The molecule has 0 aliphatic rings. The van der Waals surface area contributed by atoms with Crippen molar-refractivity contribution in [2.24, 2.45) is 0 Å². The van der Waals surface area contributed by atoms with Crippen LogP contribution in [0.3, 0.4) is 0 Å². The van der Waals surface area contributed by atoms with Gasteiger partial charge >= 0.3 is 0 Å². The number of aliphatic hydroxyl groups is 1. The Balaban J connectivity index is 3.01. The zero-order valence-electron chi connectivity index (χ0n) is 8.27. The van der Waals surface area contributed by atoms with Gasteiger partial charge in [-0.2, -0.15) is 0 Å². The van der Waals surface area contributed by atoms with Crippen molar-refractivity contribution in [1.82, 2.24) is 0 Å². The highest BCUT2D eigenvalue weighted by Crippen LogP contribution is 2.16. The van der Waals surface area contributed by atoms with Crippen molar-refractivity contribution in [1.29, 1.82) is 0 Å². The molecular weight excluding hydrogens is 155 g/mol. The van der Waals surface area contributed by atoms with E-state index in [-0.39, 0.29) is 6.42 Å². The van der Waals surface area contributed by atoms with Crippen LogP contribution in [0.15, 0.2) is 0 Å². The van der Waals surface area contributed by atoms with Crippen LogP contribution in [-0.4, -0.2) is 11.0 Å². The first-order valence-corrected chi connectivity index (χ1v) is 4.97. The Bertz CT molecular complexity index is 96.5. The molecule has 0 aliphatic heterocycles. The van der Waals surface area contributed by atoms with Crippen LogP contribution < -0.4 is 0 Å². The van der Waals surface area contributed by atoms with E-state index < -0.39 is 5.85 Å². The fourth-order valence-corrected chi connectivity index (χ4v) is 1.23. The molecular formula is C10H21FO. The summed E-state index contributed by atoms with van der Waals surface area (Å²) in [7, 11) is 0. The minimum atomic E-state index is -1.95. The topological polar surface area (TPSA) is 20.2 Å². The minimum Gasteiger partial charge on any atom is -0.362 e. The molecule has 1 nitrogen and oxygen atoms in total. The summed E-state index contributed by atoms with van der Waals surface area (Å²) in [6, 6.07) is 0. The normalized spacial score (nSPS) is 16.0. The number of unbranched alkanes of at least 4 members (excludes halogenated alkanes) is 5. The summed E-state index contributed by atoms with van der Waals surface area (Å²) in [6.45, 7) is 3.39. The number of hydrogen-bond donors (Lipinski definition) is 1. The molecule has 0 bridgehead atoms. The van der Waals surface area contributed by atoms with Crippen molar-refractivity contribution in [3.05, 3.63) is 0 Å². The molecule has 12 heavy (non-hydrogen) atoms. The number of rotatable bonds is 7. The molecule has 0 aromatic heterocycles. The van der Waals surface area contributed by atoms with E-state index in [0.717, 1.165) is 12.8 Å². The quantitative estimate of drug-likeness (QED) is 0.589. The first kappa shape index (κ1) is 11.9. The lowest BCUT2D eigenvalue weighted by Gasteiger charge is -2.11. The first-order valence-electron chi connectivity index (χ1n) is 4.97. The Hall–Kier alpha value is -0.110. The van der Waals surface area contributed by atoms with Crippen molar-refractivity contribution < 1.29 is 9.50 Å². The molecule has 0 fully saturated rings. The van der Waals surface area contributed by atoms with Gasteiger partial charge < -0.3 is 5.11 Å². The second kappa shape index (κ2) is 6.41. The Morgan fingerprint density at radius 3 is 2.08 bits per heavy atom. The summed E-state index contributed by atoms with van der Waals surface area (Å²) in [5, 5.41) is 8.75. The summed E-state index contributed by atoms with van der Waals surface area (Å²) in [6.07, 6.45) is 7.04. The lowest BCUT2D eigenvalue weighted by molar-refractivity contribution is -0.0780. The van der Waals surface area contributed by atoms with Gasteiger partial charge in [0.1, 0.15) is 0 Å². The highest BCUT2D eigenvalue weighted by Gasteiger charge is 2.16. The van der Waals surface area contributed by atoms with E-state index in [0.29, 0.717) is 0 Å². The molecule has 1 atom stereocenters. The Kier molecular flexibility index (Phi) is 6.35. The third-order valence-corrected chi connectivity index (χ3v) is 1.99. The number of alkyl halides is 1. The lowest BCUT2D eigenvalue weighted by Crippen LogP contribution is -2.15. The molecule has 74 valence electrons. The summed E-state index contributed by atoms with van der Waals surface area (Å²) < 4.78 is 12.5. The summed E-state index contributed by atoms with van der Waals surface area (Å²) in [4.78, 5) is 0. The van der Waals surface area contributed by atoms with Crippen LogP contribution in [0.25, 0.3) is 0 Å². The van der Waals surface area contributed by atoms with E-state index in [1.807, 2.05) is 0 Å². The van der Waals surface area contributed by atoms with Crippen molar-refractivity contribution in [2.75, 3.05) is 0 Å². The maximum absolute atomic E-state index is 12.5. The molecule has 2 heteroatoms. The third kappa shape index (κ3) is 9.89. The molecule has 0 saturated heterocycles. The van der Waals surface area contributed by atoms with Gasteiger partial charge in [-0.3, -0.25) is 0 Å². The molecule has 0 spiro atoms. The van der Waals surface area contributed by atoms with E-state index in [2.05, 4.69) is 6.92 Å². The van der Waals surface area contributed by atoms with Crippen LogP contribution >= 0.6 is 0 Å². The van der Waals surface area contributed by atoms with E-state index in [1.54, 1.807) is 0 Å². The fraction of sp³-hybridized carbons (Fsp3) is 1.00. The van der Waals surface area contributed by atoms with Crippen LogP contribution in [0, 0.1) is 0 Å². The smallest absolute Gasteiger partial charge is 0.203 e. The lowest BCUT2D eigenvalue weighted by atomic mass is 10.1. The third-order valence-electron chi connectivity index (χ3n) is 1.99. The van der Waals surface area contributed by atoms with E-state index in [9.17, 15) is 4.39 Å². The summed E-state index contributed by atoms with van der Waals surface area (Å²) >= 11 is 0. The van der Waals surface area contributed by atoms with Gasteiger partial charge in [0.05, 0.1) is 0 Å². The minimum absolute atomic E-state index is 0.277. The highest BCUT2D eigenvalue weighted by molar-refractivity contribution is 4.56. The average Bonchev–Trinajstić information content (AvgIpc) is 1.94. The largest absolute Gasteiger partial charge is 0.362 e. The van der Waals surface area contributed by atoms with Crippen molar-refractivity contribution in [2.45, 2.75) is 64.6 Å². The molecule has 0 radical (unpaired) electrons. The van der Waals surface area contributed by atoms with Gasteiger partial charge in [-0.25, -0.2) is 4.39 Å². The first-order chi connectivity index (χ1) is 5.56. The molecule has 0 heterocycles. The van der Waals surface area contributed by atoms with Gasteiger partial charge in [-0.15, -0.1) is 0 Å². The standard InChI is InChI=1S/C10H21FO/c1-3-4-5-6-7-8-9-10(2,11)12/h12H,3-9H2,1-2H3. The number of halogens is 1. The summed E-state index contributed by atoms with van der Waals surface area (Å²) in [5.41, 5.74) is 0. The molecule has 0 amide bonds. The van der Waals surface area contributed by atoms with E-state index in [1.165, 1.54) is 32.6 Å². The Labute approximate surface area is 75.0 Å². The summed E-state index contributed by atoms with van der Waals surface area (Å²) in [5.74, 6) is -1.95. The molecule has 0 aliphatic carbocycles. The monoisotopic (exact) mass is 176 g/mol. The maximum atomic E-state index is 12.5. The predicted octanol–water partition coefficient (Wildman–Crippen LogP) is 3.42. The van der Waals surface area contributed by atoms with E-state index >= 15 is 0 Å². The van der Waals surface area contributed by atoms with Gasteiger partial charge in [0.25, 0.3) is 0 Å². The molecule has 0 aromatic carbocycles. The van der Waals surface area contributed by atoms with Gasteiger partial charge in [-0.1, -0.05) is 39.0 Å². The second-order valence-electron chi connectivity index (χ2n) is 3.66. The predicted molar refractivity (Wildman–Crippen MR) is 49.7 cm³/mol. The van der Waals surface area contributed by atoms with Gasteiger partial charge in [0.15, 0.2) is 0 Å². The molecule has 0 aromatic rings. The highest BCUT2D eigenvalue weighted by atomic mass is 19.2. The zero-order chi connectivity index (χ0) is 9.45. The van der Waals surface area contributed by atoms with Crippen LogP contribution in [0.2, 0.25) is 0 Å². The van der Waals surface area contributed by atoms with Crippen molar-refractivity contribution >= 4 is 0 Å². The van der Waals surface area contributed by atoms with Gasteiger partial charge in [0.2, 0.25) is 5.85 Å². The fourth-order valence-electron chi connectivity index (χ4n) is 1.23. The Morgan fingerprint density at radius 2 is 1.58 bits per heavy atom. The molecule has 0 saturated carbocycles. The van der Waals surface area contributed by atoms with Crippen molar-refractivity contribution in [3.63, 3.8) is 0 Å². The zero-order valence-corrected chi connectivity index (χ0v) is 8.27. The van der Waals surface area contributed by atoms with Gasteiger partial charge in [-0.05, 0) is 13.3 Å². The maximum Gasteiger partial charge on any atom is 0.203 e. The second-order valence-corrected chi connectivity index (χ2v) is 3.66. The molecule has 1 N–H and O–H groups in total. The Morgan fingerprint density at radius 1 is 1.08 bits per heavy atom. The van der Waals surface area contributed by atoms with Crippen LogP contribution in [0.4, 0.5) is 4.39 Å². The van der Waals surface area contributed by atoms with Crippen LogP contribution in [0.5, 0.6) is 0 Å². The SMILES string of the molecule is CCCCCCCCC(C)(O)F. The number of hydrogen-bond acceptors (Lipinski definition) is 1. The average molecular weight is 176 g/mol. The molecule has 0 rings (SSSR count). The van der Waals surface area contributed by atoms with Crippen LogP contribution in [-0.2, 0) is 0 Å². The van der Waals surface area contributed by atoms with E-state index in [4.69, 9.17) is 5.11 Å². The van der Waals surface area contributed by atoms with Gasteiger partial charge in [0, 0.05) is 6.42 Å². The van der Waals surface area contributed by atoms with Crippen LogP contribution in [0.1, 0.15) is 58.8 Å². The van der Waals surface area contributed by atoms with Crippen molar-refractivity contribution in [3.8, 4) is 0 Å². The molecule has 1 unspecified atom stereocenters.